The van der Waals surface area contributed by atoms with E-state index in [2.05, 4.69) is 10.3 Å². The summed E-state index contributed by atoms with van der Waals surface area (Å²) >= 11 is 12.8. The minimum atomic E-state index is -1.38. The Morgan fingerprint density at radius 1 is 1.24 bits per heavy atom. The number of hydrogen-bond donors (Lipinski definition) is 4. The van der Waals surface area contributed by atoms with Crippen LogP contribution in [0.2, 0.25) is 10.0 Å². The van der Waals surface area contributed by atoms with Crippen LogP contribution in [0.1, 0.15) is 20.0 Å². The van der Waals surface area contributed by atoms with Gasteiger partial charge in [-0.25, -0.2) is 4.79 Å². The van der Waals surface area contributed by atoms with Gasteiger partial charge in [0, 0.05) is 10.4 Å². The number of carbonyl (C=O) groups excluding carboxylic acids is 1. The van der Waals surface area contributed by atoms with Gasteiger partial charge in [-0.1, -0.05) is 23.2 Å². The van der Waals surface area contributed by atoms with Crippen molar-refractivity contribution in [1.82, 2.24) is 4.98 Å². The van der Waals surface area contributed by atoms with E-state index in [4.69, 9.17) is 34.0 Å². The van der Waals surface area contributed by atoms with Gasteiger partial charge in [0.15, 0.2) is 0 Å². The molecule has 1 aromatic carbocycles. The number of nitrogens with one attached hydrogen (secondary N) is 2. The van der Waals surface area contributed by atoms with Gasteiger partial charge in [0.2, 0.25) is 0 Å². The van der Waals surface area contributed by atoms with Crippen LogP contribution in [0.3, 0.4) is 0 Å². The smallest absolute Gasteiger partial charge is 0.341 e. The van der Waals surface area contributed by atoms with Gasteiger partial charge in [-0.3, -0.25) is 9.59 Å². The van der Waals surface area contributed by atoms with Gasteiger partial charge in [-0.2, -0.15) is 0 Å². The summed E-state index contributed by atoms with van der Waals surface area (Å²) in [4.78, 5) is 38.1. The number of nitrogen functional groups attached to an aromatic ring is 1. The number of benzene rings is 1. The number of pyridine rings is 1. The van der Waals surface area contributed by atoms with E-state index in [0.29, 0.717) is 15.5 Å². The van der Waals surface area contributed by atoms with E-state index in [1.165, 1.54) is 12.1 Å². The fraction of sp³-hybridized carbons (Fsp3) is 0. The molecule has 0 aliphatic heterocycles. The lowest BCUT2D eigenvalue weighted by atomic mass is 10.2. The summed E-state index contributed by atoms with van der Waals surface area (Å²) in [5, 5.41) is 12.6. The number of anilines is 2. The number of carboxylic acids is 1. The van der Waals surface area contributed by atoms with Crippen LogP contribution in [0.15, 0.2) is 29.1 Å². The fourth-order valence-corrected chi connectivity index (χ4v) is 3.62. The second-order valence-electron chi connectivity index (χ2n) is 4.98. The lowest BCUT2D eigenvalue weighted by Gasteiger charge is -2.06. The summed E-state index contributed by atoms with van der Waals surface area (Å²) < 4.78 is 0. The monoisotopic (exact) mass is 397 g/mol. The van der Waals surface area contributed by atoms with Crippen LogP contribution in [0.5, 0.6) is 0 Å². The SMILES string of the molecule is Nc1c(C(=O)Nc2ccc(Cl)cc2Cl)sc2[nH]c(=O)c(C(=O)O)cc12. The zero-order valence-electron chi connectivity index (χ0n) is 12.2. The lowest BCUT2D eigenvalue weighted by Crippen LogP contribution is -2.16. The molecule has 3 aromatic rings. The fourth-order valence-electron chi connectivity index (χ4n) is 2.17. The van der Waals surface area contributed by atoms with Crippen molar-refractivity contribution in [3.8, 4) is 0 Å². The van der Waals surface area contributed by atoms with Crippen LogP contribution in [0.4, 0.5) is 11.4 Å². The number of nitrogens with two attached hydrogens (primary N) is 1. The largest absolute Gasteiger partial charge is 0.477 e. The topological polar surface area (TPSA) is 125 Å². The van der Waals surface area contributed by atoms with Crippen molar-refractivity contribution in [3.63, 3.8) is 0 Å². The molecule has 0 unspecified atom stereocenters. The van der Waals surface area contributed by atoms with Crippen molar-refractivity contribution >= 4 is 68.0 Å². The third-order valence-corrected chi connectivity index (χ3v) is 5.04. The van der Waals surface area contributed by atoms with Gasteiger partial charge in [0.05, 0.1) is 16.4 Å². The number of halogens is 2. The number of aromatic amines is 1. The van der Waals surface area contributed by atoms with Crippen LogP contribution < -0.4 is 16.6 Å². The highest BCUT2D eigenvalue weighted by atomic mass is 35.5. The van der Waals surface area contributed by atoms with E-state index in [9.17, 15) is 14.4 Å². The second-order valence-corrected chi connectivity index (χ2v) is 6.85. The first-order valence-corrected chi connectivity index (χ1v) is 8.30. The van der Waals surface area contributed by atoms with Gasteiger partial charge in [-0.15, -0.1) is 11.3 Å². The highest BCUT2D eigenvalue weighted by molar-refractivity contribution is 7.21. The summed E-state index contributed by atoms with van der Waals surface area (Å²) in [6.45, 7) is 0. The van der Waals surface area contributed by atoms with E-state index >= 15 is 0 Å². The molecule has 0 aliphatic carbocycles. The molecule has 0 fully saturated rings. The molecular weight excluding hydrogens is 389 g/mol. The molecule has 0 atom stereocenters. The highest BCUT2D eigenvalue weighted by Gasteiger charge is 2.20. The number of aromatic nitrogens is 1. The van der Waals surface area contributed by atoms with E-state index in [0.717, 1.165) is 17.4 Å². The van der Waals surface area contributed by atoms with Crippen LogP contribution in [0.25, 0.3) is 10.2 Å². The van der Waals surface area contributed by atoms with Crippen LogP contribution in [-0.2, 0) is 0 Å². The Labute approximate surface area is 154 Å². The standard InChI is InChI=1S/C15H9Cl2N3O4S/c16-5-1-2-9(8(17)3-5)19-13(22)11-10(18)6-4-7(15(23)24)12(21)20-14(6)25-11/h1-4H,18H2,(H,19,22)(H,20,21)(H,23,24). The molecule has 0 saturated heterocycles. The molecule has 3 rings (SSSR count). The van der Waals surface area contributed by atoms with Gasteiger partial charge in [0.1, 0.15) is 15.3 Å². The molecular formula is C15H9Cl2N3O4S. The number of carboxylic acid groups (broad SMARTS) is 1. The zero-order valence-corrected chi connectivity index (χ0v) is 14.6. The lowest BCUT2D eigenvalue weighted by molar-refractivity contribution is 0.0695. The molecule has 7 nitrogen and oxygen atoms in total. The van der Waals surface area contributed by atoms with Gasteiger partial charge in [-0.05, 0) is 24.3 Å². The zero-order chi connectivity index (χ0) is 18.3. The molecule has 0 bridgehead atoms. The molecule has 2 aromatic heterocycles. The molecule has 25 heavy (non-hydrogen) atoms. The Kier molecular flexibility index (Phi) is 4.42. The molecule has 5 N–H and O–H groups in total. The normalized spacial score (nSPS) is 10.8. The van der Waals surface area contributed by atoms with Crippen molar-refractivity contribution in [2.45, 2.75) is 0 Å². The Morgan fingerprint density at radius 2 is 1.96 bits per heavy atom. The number of fused-ring (bicyclic) bond motifs is 1. The van der Waals surface area contributed by atoms with Crippen LogP contribution in [-0.4, -0.2) is 22.0 Å². The second kappa shape index (κ2) is 6.40. The van der Waals surface area contributed by atoms with Crippen molar-refractivity contribution in [3.05, 3.63) is 55.1 Å². The number of aromatic carboxylic acids is 1. The van der Waals surface area contributed by atoms with Crippen molar-refractivity contribution < 1.29 is 14.7 Å². The average Bonchev–Trinajstić information content (AvgIpc) is 2.85. The Hall–Kier alpha value is -2.55. The number of carbonyl (C=O) groups is 2. The average molecular weight is 398 g/mol. The molecule has 1 amide bonds. The van der Waals surface area contributed by atoms with Gasteiger partial charge in [0.25, 0.3) is 11.5 Å². The number of H-pyrrole nitrogens is 1. The minimum absolute atomic E-state index is 0.0707. The van der Waals surface area contributed by atoms with Crippen molar-refractivity contribution in [2.75, 3.05) is 11.1 Å². The van der Waals surface area contributed by atoms with E-state index in [-0.39, 0.29) is 21.0 Å². The summed E-state index contributed by atoms with van der Waals surface area (Å²) in [6.07, 6.45) is 0. The molecule has 2 heterocycles. The summed E-state index contributed by atoms with van der Waals surface area (Å²) in [7, 11) is 0. The first kappa shape index (κ1) is 17.3. The Morgan fingerprint density at radius 3 is 2.60 bits per heavy atom. The number of rotatable bonds is 3. The Balaban J connectivity index is 2.03. The van der Waals surface area contributed by atoms with Crippen molar-refractivity contribution in [2.24, 2.45) is 0 Å². The first-order chi connectivity index (χ1) is 11.8. The highest BCUT2D eigenvalue weighted by Crippen LogP contribution is 2.33. The number of thiophene rings is 1. The third-order valence-electron chi connectivity index (χ3n) is 3.36. The molecule has 0 radical (unpaired) electrons. The maximum absolute atomic E-state index is 12.5. The van der Waals surface area contributed by atoms with E-state index < -0.39 is 23.0 Å². The predicted octanol–water partition coefficient (Wildman–Crippen LogP) is 3.43. The minimum Gasteiger partial charge on any atom is -0.477 e. The quantitative estimate of drug-likeness (QED) is 0.538. The maximum Gasteiger partial charge on any atom is 0.341 e. The maximum atomic E-state index is 12.5. The molecule has 0 spiro atoms. The van der Waals surface area contributed by atoms with E-state index in [1.54, 1.807) is 6.07 Å². The number of hydrogen-bond acceptors (Lipinski definition) is 5. The molecule has 0 aliphatic rings. The summed E-state index contributed by atoms with van der Waals surface area (Å²) in [5.41, 5.74) is 5.14. The van der Waals surface area contributed by atoms with Crippen LogP contribution in [0, 0.1) is 0 Å². The molecule has 0 saturated carbocycles. The Bertz CT molecular complexity index is 1090. The molecule has 128 valence electrons. The summed E-state index contributed by atoms with van der Waals surface area (Å²) in [6, 6.07) is 5.72. The number of amides is 1. The summed E-state index contributed by atoms with van der Waals surface area (Å²) in [5.74, 6) is -1.92. The van der Waals surface area contributed by atoms with Crippen LogP contribution >= 0.6 is 34.5 Å². The molecule has 10 heteroatoms. The van der Waals surface area contributed by atoms with Gasteiger partial charge >= 0.3 is 5.97 Å². The van der Waals surface area contributed by atoms with E-state index in [1.807, 2.05) is 0 Å². The third kappa shape index (κ3) is 3.19. The first-order valence-electron chi connectivity index (χ1n) is 6.73. The predicted molar refractivity (Wildman–Crippen MR) is 98.2 cm³/mol. The van der Waals surface area contributed by atoms with Gasteiger partial charge < -0.3 is 21.1 Å². The van der Waals surface area contributed by atoms with Crippen molar-refractivity contribution in [1.29, 1.82) is 0 Å².